The summed E-state index contributed by atoms with van der Waals surface area (Å²) in [5.41, 5.74) is 1.69. The van der Waals surface area contributed by atoms with E-state index in [2.05, 4.69) is 9.47 Å². The highest BCUT2D eigenvalue weighted by atomic mass is 16.6. The van der Waals surface area contributed by atoms with E-state index in [1.807, 2.05) is 0 Å². The number of aromatic hydroxyl groups is 2. The van der Waals surface area contributed by atoms with E-state index in [1.165, 1.54) is 38.5 Å². The zero-order valence-electron chi connectivity index (χ0n) is 19.0. The lowest BCUT2D eigenvalue weighted by atomic mass is 9.93. The first-order valence-corrected chi connectivity index (χ1v) is 10.4. The second kappa shape index (κ2) is 9.82. The predicted molar refractivity (Wildman–Crippen MR) is 116 cm³/mol. The summed E-state index contributed by atoms with van der Waals surface area (Å²) >= 11 is 0. The largest absolute Gasteiger partial charge is 0.507 e. The maximum absolute atomic E-state index is 11.6. The Kier molecular flexibility index (Phi) is 7.09. The number of esters is 4. The number of phenolic OH excluding ortho intramolecular Hbond substituents is 2. The van der Waals surface area contributed by atoms with Gasteiger partial charge in [0.25, 0.3) is 0 Å². The number of carbonyl (C=O) groups is 4. The SMILES string of the molecule is COC(=O)c1ccc(O)c2c1C[C@H](C)OC2=O.COC(=O)c1ccc(O)c2c1C[C@H](C)OC2=O. The Labute approximate surface area is 195 Å². The lowest BCUT2D eigenvalue weighted by Gasteiger charge is -2.23. The minimum atomic E-state index is -0.609. The van der Waals surface area contributed by atoms with Gasteiger partial charge in [-0.05, 0) is 49.2 Å². The Morgan fingerprint density at radius 1 is 0.765 bits per heavy atom. The molecule has 4 rings (SSSR count). The van der Waals surface area contributed by atoms with Gasteiger partial charge in [0.1, 0.15) is 34.8 Å². The molecule has 0 spiro atoms. The van der Waals surface area contributed by atoms with Crippen molar-refractivity contribution in [2.45, 2.75) is 38.9 Å². The number of ether oxygens (including phenoxy) is 4. The van der Waals surface area contributed by atoms with E-state index in [0.29, 0.717) is 35.1 Å². The molecule has 2 aromatic rings. The number of carbonyl (C=O) groups excluding carboxylic acids is 4. The number of hydrogen-bond donors (Lipinski definition) is 2. The first-order valence-electron chi connectivity index (χ1n) is 10.4. The Hall–Kier alpha value is -4.08. The minimum absolute atomic E-state index is 0.0611. The summed E-state index contributed by atoms with van der Waals surface area (Å²) in [7, 11) is 2.54. The van der Waals surface area contributed by atoms with Gasteiger partial charge in [-0.2, -0.15) is 0 Å². The highest BCUT2D eigenvalue weighted by Crippen LogP contribution is 2.32. The van der Waals surface area contributed by atoms with Crippen LogP contribution >= 0.6 is 0 Å². The van der Waals surface area contributed by atoms with Crippen molar-refractivity contribution in [1.82, 2.24) is 0 Å². The van der Waals surface area contributed by atoms with Crippen molar-refractivity contribution >= 4 is 23.9 Å². The van der Waals surface area contributed by atoms with Crippen LogP contribution in [-0.2, 0) is 31.8 Å². The molecular formula is C24H24O10. The fourth-order valence-corrected chi connectivity index (χ4v) is 3.89. The van der Waals surface area contributed by atoms with Gasteiger partial charge in [-0.1, -0.05) is 0 Å². The van der Waals surface area contributed by atoms with E-state index in [-0.39, 0.29) is 34.8 Å². The molecule has 2 aliphatic rings. The molecule has 2 aliphatic heterocycles. The van der Waals surface area contributed by atoms with Gasteiger partial charge in [0.2, 0.25) is 0 Å². The third kappa shape index (κ3) is 4.66. The maximum Gasteiger partial charge on any atom is 0.342 e. The number of rotatable bonds is 2. The van der Waals surface area contributed by atoms with Crippen LogP contribution in [0, 0.1) is 0 Å². The van der Waals surface area contributed by atoms with E-state index in [9.17, 15) is 29.4 Å². The van der Waals surface area contributed by atoms with Crippen LogP contribution in [0.2, 0.25) is 0 Å². The molecule has 10 heteroatoms. The Balaban J connectivity index is 0.000000191. The van der Waals surface area contributed by atoms with Crippen molar-refractivity contribution in [2.75, 3.05) is 14.2 Å². The second-order valence-electron chi connectivity index (χ2n) is 7.79. The molecule has 0 fully saturated rings. The van der Waals surface area contributed by atoms with Crippen molar-refractivity contribution < 1.29 is 48.3 Å². The Morgan fingerprint density at radius 2 is 1.12 bits per heavy atom. The van der Waals surface area contributed by atoms with Crippen LogP contribution in [0.3, 0.4) is 0 Å². The number of methoxy groups -OCH3 is 2. The lowest BCUT2D eigenvalue weighted by molar-refractivity contribution is 0.0282. The third-order valence-electron chi connectivity index (χ3n) is 5.40. The van der Waals surface area contributed by atoms with Crippen LogP contribution in [-0.4, -0.2) is 60.5 Å². The third-order valence-corrected chi connectivity index (χ3v) is 5.40. The summed E-state index contributed by atoms with van der Waals surface area (Å²) < 4.78 is 19.3. The van der Waals surface area contributed by atoms with E-state index in [1.54, 1.807) is 13.8 Å². The van der Waals surface area contributed by atoms with Gasteiger partial charge in [-0.15, -0.1) is 0 Å². The van der Waals surface area contributed by atoms with E-state index < -0.39 is 23.9 Å². The molecule has 0 aromatic heterocycles. The number of fused-ring (bicyclic) bond motifs is 2. The highest BCUT2D eigenvalue weighted by Gasteiger charge is 2.32. The zero-order valence-corrected chi connectivity index (χ0v) is 19.0. The second-order valence-corrected chi connectivity index (χ2v) is 7.79. The van der Waals surface area contributed by atoms with Gasteiger partial charge in [0, 0.05) is 12.8 Å². The van der Waals surface area contributed by atoms with Crippen LogP contribution in [0.4, 0.5) is 0 Å². The molecule has 0 saturated heterocycles. The molecule has 2 heterocycles. The minimum Gasteiger partial charge on any atom is -0.507 e. The number of cyclic esters (lactones) is 2. The average Bonchev–Trinajstić information content (AvgIpc) is 2.78. The molecule has 2 aromatic carbocycles. The zero-order chi connectivity index (χ0) is 25.2. The van der Waals surface area contributed by atoms with Gasteiger partial charge in [-0.3, -0.25) is 0 Å². The van der Waals surface area contributed by atoms with Gasteiger partial charge in [0.15, 0.2) is 0 Å². The normalized spacial score (nSPS) is 18.2. The van der Waals surface area contributed by atoms with Crippen LogP contribution in [0.1, 0.15) is 66.4 Å². The molecular weight excluding hydrogens is 448 g/mol. The van der Waals surface area contributed by atoms with Crippen LogP contribution in [0.5, 0.6) is 11.5 Å². The maximum atomic E-state index is 11.6. The van der Waals surface area contributed by atoms with E-state index >= 15 is 0 Å². The van der Waals surface area contributed by atoms with E-state index in [4.69, 9.17) is 9.47 Å². The van der Waals surface area contributed by atoms with Crippen LogP contribution < -0.4 is 0 Å². The van der Waals surface area contributed by atoms with Gasteiger partial charge < -0.3 is 29.2 Å². The lowest BCUT2D eigenvalue weighted by Crippen LogP contribution is -2.27. The molecule has 0 aliphatic carbocycles. The summed E-state index contributed by atoms with van der Waals surface area (Å²) in [6.07, 6.45) is 0.139. The van der Waals surface area contributed by atoms with Crippen molar-refractivity contribution in [3.8, 4) is 11.5 Å². The first kappa shape index (κ1) is 24.6. The molecule has 0 bridgehead atoms. The first-order chi connectivity index (χ1) is 16.1. The van der Waals surface area contributed by atoms with E-state index in [0.717, 1.165) is 0 Å². The highest BCUT2D eigenvalue weighted by molar-refractivity contribution is 6.01. The topological polar surface area (TPSA) is 146 Å². The average molecular weight is 472 g/mol. The summed E-state index contributed by atoms with van der Waals surface area (Å²) in [5, 5.41) is 19.3. The summed E-state index contributed by atoms with van der Waals surface area (Å²) in [4.78, 5) is 46.4. The summed E-state index contributed by atoms with van der Waals surface area (Å²) in [6, 6.07) is 5.49. The predicted octanol–water partition coefficient (Wildman–Crippen LogP) is 2.56. The fraction of sp³-hybridized carbons (Fsp3) is 0.333. The smallest absolute Gasteiger partial charge is 0.342 e. The molecule has 0 unspecified atom stereocenters. The molecule has 180 valence electrons. The van der Waals surface area contributed by atoms with Gasteiger partial charge >= 0.3 is 23.9 Å². The Morgan fingerprint density at radius 3 is 1.44 bits per heavy atom. The van der Waals surface area contributed by atoms with Crippen molar-refractivity contribution in [3.05, 3.63) is 57.6 Å². The van der Waals surface area contributed by atoms with Gasteiger partial charge in [-0.25, -0.2) is 19.2 Å². The Bertz CT molecular complexity index is 1080. The molecule has 2 atom stereocenters. The van der Waals surface area contributed by atoms with Crippen LogP contribution in [0.25, 0.3) is 0 Å². The van der Waals surface area contributed by atoms with Crippen molar-refractivity contribution in [3.63, 3.8) is 0 Å². The quantitative estimate of drug-likeness (QED) is 0.494. The molecule has 0 amide bonds. The summed E-state index contributed by atoms with van der Waals surface area (Å²) in [5.74, 6) is -2.62. The number of hydrogen-bond acceptors (Lipinski definition) is 10. The van der Waals surface area contributed by atoms with Crippen molar-refractivity contribution in [2.24, 2.45) is 0 Å². The molecule has 34 heavy (non-hydrogen) atoms. The summed E-state index contributed by atoms with van der Waals surface area (Å²) in [6.45, 7) is 3.46. The molecule has 2 N–H and O–H groups in total. The molecule has 10 nitrogen and oxygen atoms in total. The molecule has 0 radical (unpaired) electrons. The monoisotopic (exact) mass is 472 g/mol. The fourth-order valence-electron chi connectivity index (χ4n) is 3.89. The molecule has 0 saturated carbocycles. The number of phenols is 2. The van der Waals surface area contributed by atoms with Gasteiger partial charge in [0.05, 0.1) is 25.3 Å². The standard InChI is InChI=1S/2C12H12O5/c2*1-6-5-8-7(11(14)16-2)3-4-9(13)10(8)12(15)17-6/h2*3-4,6,13H,5H2,1-2H3/t2*6-/m00/s1. The van der Waals surface area contributed by atoms with Crippen molar-refractivity contribution in [1.29, 1.82) is 0 Å². The number of benzene rings is 2. The van der Waals surface area contributed by atoms with Crippen LogP contribution in [0.15, 0.2) is 24.3 Å².